The van der Waals surface area contributed by atoms with Crippen molar-refractivity contribution in [3.63, 3.8) is 0 Å². The van der Waals surface area contributed by atoms with Gasteiger partial charge in [0.2, 0.25) is 0 Å². The molecule has 4 atom stereocenters. The predicted molar refractivity (Wildman–Crippen MR) is 81.5 cm³/mol. The van der Waals surface area contributed by atoms with E-state index in [1.807, 2.05) is 0 Å². The van der Waals surface area contributed by atoms with E-state index in [9.17, 15) is 0 Å². The van der Waals surface area contributed by atoms with Crippen LogP contribution in [0.25, 0.3) is 0 Å². The summed E-state index contributed by atoms with van der Waals surface area (Å²) in [5.74, 6) is 2.05. The highest BCUT2D eigenvalue weighted by molar-refractivity contribution is 7.09. The summed E-state index contributed by atoms with van der Waals surface area (Å²) in [5.41, 5.74) is 1.16. The molecule has 0 aromatic carbocycles. The monoisotopic (exact) mass is 278 g/mol. The maximum Gasteiger partial charge on any atom is 0.110 e. The lowest BCUT2D eigenvalue weighted by molar-refractivity contribution is 0.139. The second-order valence-corrected chi connectivity index (χ2v) is 7.42. The summed E-state index contributed by atoms with van der Waals surface area (Å²) in [6.07, 6.45) is 10.1. The molecule has 1 aromatic rings. The van der Waals surface area contributed by atoms with Gasteiger partial charge in [-0.2, -0.15) is 0 Å². The van der Waals surface area contributed by atoms with Gasteiger partial charge in [0.1, 0.15) is 5.01 Å². The van der Waals surface area contributed by atoms with Gasteiger partial charge in [-0.25, -0.2) is 4.98 Å². The number of hydrogen-bond donors (Lipinski definition) is 1. The molecule has 1 N–H and O–H groups in total. The first kappa shape index (κ1) is 13.6. The van der Waals surface area contributed by atoms with E-state index in [2.05, 4.69) is 29.5 Å². The third kappa shape index (κ3) is 3.19. The molecule has 0 bridgehead atoms. The Morgan fingerprint density at radius 1 is 1.21 bits per heavy atom. The minimum absolute atomic E-state index is 0.420. The molecule has 2 aliphatic rings. The van der Waals surface area contributed by atoms with Gasteiger partial charge in [-0.3, -0.25) is 0 Å². The molecule has 3 heteroatoms. The number of aromatic nitrogens is 1. The summed E-state index contributed by atoms with van der Waals surface area (Å²) in [6.45, 7) is 4.35. The molecule has 1 heterocycles. The topological polar surface area (TPSA) is 24.9 Å². The van der Waals surface area contributed by atoms with E-state index < -0.39 is 0 Å². The van der Waals surface area contributed by atoms with Gasteiger partial charge in [-0.15, -0.1) is 11.3 Å². The summed E-state index contributed by atoms with van der Waals surface area (Å²) in [4.78, 5) is 4.61. The third-order valence-electron chi connectivity index (χ3n) is 5.03. The van der Waals surface area contributed by atoms with Crippen molar-refractivity contribution >= 4 is 11.3 Å². The van der Waals surface area contributed by atoms with Crippen LogP contribution in [0, 0.1) is 18.8 Å². The van der Waals surface area contributed by atoms with E-state index in [0.717, 1.165) is 23.6 Å². The van der Waals surface area contributed by atoms with Gasteiger partial charge < -0.3 is 5.32 Å². The van der Waals surface area contributed by atoms with Gasteiger partial charge in [-0.05, 0) is 44.9 Å². The van der Waals surface area contributed by atoms with Crippen LogP contribution in [0.4, 0.5) is 0 Å². The maximum atomic E-state index is 4.61. The lowest BCUT2D eigenvalue weighted by Gasteiger charge is -2.40. The quantitative estimate of drug-likeness (QED) is 0.883. The molecule has 4 unspecified atom stereocenters. The molecule has 3 rings (SSSR count). The van der Waals surface area contributed by atoms with Crippen molar-refractivity contribution in [3.05, 3.63) is 16.1 Å². The normalized spacial score (nSPS) is 32.8. The molecule has 2 fully saturated rings. The van der Waals surface area contributed by atoms with Crippen molar-refractivity contribution in [3.8, 4) is 0 Å². The minimum Gasteiger partial charge on any atom is -0.305 e. The summed E-state index contributed by atoms with van der Waals surface area (Å²) in [6, 6.07) is 1.14. The van der Waals surface area contributed by atoms with Crippen LogP contribution in [-0.4, -0.2) is 11.0 Å². The van der Waals surface area contributed by atoms with Gasteiger partial charge in [0, 0.05) is 17.1 Å². The molecular weight excluding hydrogens is 252 g/mol. The van der Waals surface area contributed by atoms with Gasteiger partial charge in [0.05, 0.1) is 6.04 Å². The number of rotatable bonds is 3. The van der Waals surface area contributed by atoms with E-state index >= 15 is 0 Å². The van der Waals surface area contributed by atoms with Crippen LogP contribution in [0.1, 0.15) is 68.6 Å². The van der Waals surface area contributed by atoms with Crippen molar-refractivity contribution in [1.82, 2.24) is 10.3 Å². The van der Waals surface area contributed by atoms with Crippen LogP contribution in [0.2, 0.25) is 0 Å². The highest BCUT2D eigenvalue weighted by Crippen LogP contribution is 2.40. The second kappa shape index (κ2) is 5.92. The molecular formula is C16H26N2S. The molecule has 2 aliphatic carbocycles. The summed E-state index contributed by atoms with van der Waals surface area (Å²) < 4.78 is 0. The lowest BCUT2D eigenvalue weighted by atomic mass is 9.69. The molecule has 0 amide bonds. The van der Waals surface area contributed by atoms with E-state index in [1.165, 1.54) is 50.0 Å². The molecule has 1 aromatic heterocycles. The Morgan fingerprint density at radius 2 is 2.00 bits per heavy atom. The fourth-order valence-corrected chi connectivity index (χ4v) is 4.83. The summed E-state index contributed by atoms with van der Waals surface area (Å²) >= 11 is 1.80. The van der Waals surface area contributed by atoms with Crippen LogP contribution in [0.5, 0.6) is 0 Å². The third-order valence-corrected chi connectivity index (χ3v) is 6.18. The average molecular weight is 278 g/mol. The van der Waals surface area contributed by atoms with Crippen LogP contribution in [0.15, 0.2) is 5.38 Å². The smallest absolute Gasteiger partial charge is 0.110 e. The van der Waals surface area contributed by atoms with Crippen LogP contribution in [-0.2, 0) is 0 Å². The number of thiazole rings is 1. The predicted octanol–water partition coefficient (Wildman–Crippen LogP) is 4.46. The van der Waals surface area contributed by atoms with Crippen molar-refractivity contribution in [2.45, 2.75) is 70.9 Å². The SMILES string of the molecule is Cc1csc(C(C)NC2CCC3CCCCC3C2)n1. The molecule has 19 heavy (non-hydrogen) atoms. The minimum atomic E-state index is 0.420. The van der Waals surface area contributed by atoms with Crippen molar-refractivity contribution in [2.75, 3.05) is 0 Å². The first-order chi connectivity index (χ1) is 9.22. The second-order valence-electron chi connectivity index (χ2n) is 6.53. The number of nitrogens with one attached hydrogen (secondary N) is 1. The first-order valence-corrected chi connectivity index (χ1v) is 8.78. The van der Waals surface area contributed by atoms with Crippen molar-refractivity contribution < 1.29 is 0 Å². The number of hydrogen-bond acceptors (Lipinski definition) is 3. The molecule has 0 radical (unpaired) electrons. The Morgan fingerprint density at radius 3 is 2.74 bits per heavy atom. The zero-order chi connectivity index (χ0) is 13.2. The van der Waals surface area contributed by atoms with Crippen LogP contribution in [0.3, 0.4) is 0 Å². The largest absolute Gasteiger partial charge is 0.305 e. The molecule has 0 saturated heterocycles. The van der Waals surface area contributed by atoms with E-state index in [1.54, 1.807) is 11.3 Å². The Bertz CT molecular complexity index is 415. The number of fused-ring (bicyclic) bond motifs is 1. The fraction of sp³-hybridized carbons (Fsp3) is 0.812. The number of aryl methyl sites for hydroxylation is 1. The number of nitrogens with zero attached hydrogens (tertiary/aromatic N) is 1. The Labute approximate surface area is 121 Å². The van der Waals surface area contributed by atoms with E-state index in [-0.39, 0.29) is 0 Å². The summed E-state index contributed by atoms with van der Waals surface area (Å²) in [5, 5.41) is 7.24. The Kier molecular flexibility index (Phi) is 4.23. The maximum absolute atomic E-state index is 4.61. The van der Waals surface area contributed by atoms with Crippen LogP contribution < -0.4 is 5.32 Å². The molecule has 2 nitrogen and oxygen atoms in total. The fourth-order valence-electron chi connectivity index (χ4n) is 4.02. The van der Waals surface area contributed by atoms with Crippen LogP contribution >= 0.6 is 11.3 Å². The van der Waals surface area contributed by atoms with Crippen molar-refractivity contribution in [1.29, 1.82) is 0 Å². The Hall–Kier alpha value is -0.410. The van der Waals surface area contributed by atoms with Crippen molar-refractivity contribution in [2.24, 2.45) is 11.8 Å². The molecule has 0 spiro atoms. The van der Waals surface area contributed by atoms with Gasteiger partial charge in [-0.1, -0.05) is 25.7 Å². The first-order valence-electron chi connectivity index (χ1n) is 7.90. The van der Waals surface area contributed by atoms with Gasteiger partial charge >= 0.3 is 0 Å². The van der Waals surface area contributed by atoms with E-state index in [4.69, 9.17) is 0 Å². The zero-order valence-electron chi connectivity index (χ0n) is 12.2. The van der Waals surface area contributed by atoms with E-state index in [0.29, 0.717) is 6.04 Å². The average Bonchev–Trinajstić information content (AvgIpc) is 2.85. The standard InChI is InChI=1S/C16H26N2S/c1-11-10-19-16(17-11)12(2)18-15-8-7-13-5-3-4-6-14(13)9-15/h10,12-15,18H,3-9H2,1-2H3. The zero-order valence-corrected chi connectivity index (χ0v) is 13.0. The molecule has 2 saturated carbocycles. The highest BCUT2D eigenvalue weighted by Gasteiger charge is 2.32. The summed E-state index contributed by atoms with van der Waals surface area (Å²) in [7, 11) is 0. The molecule has 0 aliphatic heterocycles. The molecule has 106 valence electrons. The van der Waals surface area contributed by atoms with Gasteiger partial charge in [0.15, 0.2) is 0 Å². The Balaban J connectivity index is 1.55. The highest BCUT2D eigenvalue weighted by atomic mass is 32.1. The van der Waals surface area contributed by atoms with Gasteiger partial charge in [0.25, 0.3) is 0 Å². The lowest BCUT2D eigenvalue weighted by Crippen LogP contribution is -2.39.